The highest BCUT2D eigenvalue weighted by molar-refractivity contribution is 5.58. The van der Waals surface area contributed by atoms with Gasteiger partial charge in [-0.25, -0.2) is 4.98 Å². The Morgan fingerprint density at radius 3 is 2.32 bits per heavy atom. The van der Waals surface area contributed by atoms with Gasteiger partial charge in [-0.2, -0.15) is 0 Å². The number of nitrogens with two attached hydrogens (primary N) is 1. The maximum Gasteiger partial charge on any atom is 0.118 e. The van der Waals surface area contributed by atoms with Gasteiger partial charge >= 0.3 is 0 Å². The van der Waals surface area contributed by atoms with Crippen LogP contribution in [0.15, 0.2) is 85.1 Å². The minimum atomic E-state index is 0.692. The van der Waals surface area contributed by atoms with Crippen molar-refractivity contribution in [2.75, 3.05) is 12.8 Å². The topological polar surface area (TPSA) is 53.1 Å². The van der Waals surface area contributed by atoms with Crippen LogP contribution in [0.1, 0.15) is 17.0 Å². The summed E-state index contributed by atoms with van der Waals surface area (Å²) in [5.41, 5.74) is 11.3. The van der Waals surface area contributed by atoms with Crippen LogP contribution in [0.3, 0.4) is 0 Å². The number of hydrogen-bond donors (Lipinski definition) is 1. The van der Waals surface area contributed by atoms with Gasteiger partial charge in [-0.3, -0.25) is 0 Å². The second-order valence-electron chi connectivity index (χ2n) is 6.76. The van der Waals surface area contributed by atoms with Gasteiger partial charge in [0.25, 0.3) is 0 Å². The zero-order valence-electron chi connectivity index (χ0n) is 15.9. The lowest BCUT2D eigenvalue weighted by Gasteiger charge is -2.10. The number of nitrogens with zero attached hydrogens (tertiary/aromatic N) is 2. The first-order chi connectivity index (χ1) is 13.7. The zero-order valence-corrected chi connectivity index (χ0v) is 15.9. The molecule has 0 aliphatic heterocycles. The number of imidazole rings is 1. The van der Waals surface area contributed by atoms with Crippen LogP contribution < -0.4 is 10.5 Å². The first-order valence-corrected chi connectivity index (χ1v) is 9.31. The number of benzene rings is 3. The van der Waals surface area contributed by atoms with Crippen LogP contribution in [0.25, 0.3) is 11.3 Å². The molecule has 0 amide bonds. The SMILES string of the molecule is COc1ccc(Cc2nc(-c3ccccc3)cn2Cc2ccccc2N)cc1. The number of rotatable bonds is 6. The number of aromatic nitrogens is 2. The van der Waals surface area contributed by atoms with E-state index >= 15 is 0 Å². The van der Waals surface area contributed by atoms with Crippen LogP contribution >= 0.6 is 0 Å². The van der Waals surface area contributed by atoms with Crippen LogP contribution in [0.5, 0.6) is 5.75 Å². The van der Waals surface area contributed by atoms with Crippen LogP contribution in [0.4, 0.5) is 5.69 Å². The second kappa shape index (κ2) is 8.01. The van der Waals surface area contributed by atoms with Crippen molar-refractivity contribution in [1.82, 2.24) is 9.55 Å². The summed E-state index contributed by atoms with van der Waals surface area (Å²) in [6.07, 6.45) is 2.85. The van der Waals surface area contributed by atoms with E-state index in [9.17, 15) is 0 Å². The fourth-order valence-corrected chi connectivity index (χ4v) is 3.27. The van der Waals surface area contributed by atoms with E-state index in [0.29, 0.717) is 6.54 Å². The molecular weight excluding hydrogens is 346 g/mol. The van der Waals surface area contributed by atoms with Crippen molar-refractivity contribution in [3.63, 3.8) is 0 Å². The van der Waals surface area contributed by atoms with Gasteiger partial charge in [-0.1, -0.05) is 60.7 Å². The van der Waals surface area contributed by atoms with Crippen molar-refractivity contribution in [3.8, 4) is 17.0 Å². The Bertz CT molecular complexity index is 1050. The van der Waals surface area contributed by atoms with E-state index in [-0.39, 0.29) is 0 Å². The van der Waals surface area contributed by atoms with E-state index in [0.717, 1.165) is 40.5 Å². The Morgan fingerprint density at radius 2 is 1.61 bits per heavy atom. The molecule has 4 rings (SSSR count). The van der Waals surface area contributed by atoms with Crippen LogP contribution in [-0.4, -0.2) is 16.7 Å². The maximum absolute atomic E-state index is 6.17. The largest absolute Gasteiger partial charge is 0.497 e. The smallest absolute Gasteiger partial charge is 0.118 e. The number of ether oxygens (including phenoxy) is 1. The van der Waals surface area contributed by atoms with Gasteiger partial charge < -0.3 is 15.0 Å². The molecule has 4 aromatic rings. The third kappa shape index (κ3) is 3.91. The van der Waals surface area contributed by atoms with Crippen LogP contribution in [0.2, 0.25) is 0 Å². The standard InChI is InChI=1S/C24H23N3O/c1-28-21-13-11-18(12-14-21)15-24-26-23(19-7-3-2-4-8-19)17-27(24)16-20-9-5-6-10-22(20)25/h2-14,17H,15-16,25H2,1H3. The lowest BCUT2D eigenvalue weighted by Crippen LogP contribution is -2.07. The number of para-hydroxylation sites is 1. The Hall–Kier alpha value is -3.53. The molecule has 3 aromatic carbocycles. The monoisotopic (exact) mass is 369 g/mol. The molecule has 0 aliphatic rings. The highest BCUT2D eigenvalue weighted by Crippen LogP contribution is 2.23. The van der Waals surface area contributed by atoms with Gasteiger partial charge in [0.05, 0.1) is 19.3 Å². The first kappa shape index (κ1) is 17.9. The fraction of sp³-hybridized carbons (Fsp3) is 0.125. The molecule has 0 aliphatic carbocycles. The minimum absolute atomic E-state index is 0.692. The van der Waals surface area contributed by atoms with Gasteiger partial charge in [0, 0.05) is 23.9 Å². The molecule has 140 valence electrons. The van der Waals surface area contributed by atoms with E-state index < -0.39 is 0 Å². The van der Waals surface area contributed by atoms with Crippen molar-refractivity contribution >= 4 is 5.69 Å². The van der Waals surface area contributed by atoms with Crippen LogP contribution in [-0.2, 0) is 13.0 Å². The summed E-state index contributed by atoms with van der Waals surface area (Å²) in [5.74, 6) is 1.86. The van der Waals surface area contributed by atoms with Crippen molar-refractivity contribution in [1.29, 1.82) is 0 Å². The molecule has 2 N–H and O–H groups in total. The molecule has 0 radical (unpaired) electrons. The van der Waals surface area contributed by atoms with Gasteiger partial charge in [0.15, 0.2) is 0 Å². The van der Waals surface area contributed by atoms with Crippen LogP contribution in [0, 0.1) is 0 Å². The molecule has 0 unspecified atom stereocenters. The van der Waals surface area contributed by atoms with Crippen molar-refractivity contribution in [3.05, 3.63) is 102 Å². The predicted octanol–water partition coefficient (Wildman–Crippen LogP) is 4.78. The maximum atomic E-state index is 6.17. The third-order valence-electron chi connectivity index (χ3n) is 4.85. The normalized spacial score (nSPS) is 10.8. The molecule has 0 saturated carbocycles. The van der Waals surface area contributed by atoms with Crippen molar-refractivity contribution < 1.29 is 4.74 Å². The van der Waals surface area contributed by atoms with E-state index in [1.807, 2.05) is 48.5 Å². The predicted molar refractivity (Wildman–Crippen MR) is 113 cm³/mol. The number of anilines is 1. The summed E-state index contributed by atoms with van der Waals surface area (Å²) in [5, 5.41) is 0. The lowest BCUT2D eigenvalue weighted by atomic mass is 10.1. The average Bonchev–Trinajstić information content (AvgIpc) is 3.13. The Kier molecular flexibility index (Phi) is 5.11. The first-order valence-electron chi connectivity index (χ1n) is 9.31. The van der Waals surface area contributed by atoms with Gasteiger partial charge in [-0.05, 0) is 29.3 Å². The highest BCUT2D eigenvalue weighted by Gasteiger charge is 2.12. The zero-order chi connectivity index (χ0) is 19.3. The molecule has 0 saturated heterocycles. The fourth-order valence-electron chi connectivity index (χ4n) is 3.27. The summed E-state index contributed by atoms with van der Waals surface area (Å²) in [6, 6.07) is 26.4. The molecule has 0 atom stereocenters. The molecule has 0 fully saturated rings. The minimum Gasteiger partial charge on any atom is -0.497 e. The van der Waals surface area contributed by atoms with Gasteiger partial charge in [-0.15, -0.1) is 0 Å². The summed E-state index contributed by atoms with van der Waals surface area (Å²) in [6.45, 7) is 0.692. The van der Waals surface area contributed by atoms with E-state index in [1.165, 1.54) is 5.56 Å². The summed E-state index contributed by atoms with van der Waals surface area (Å²) >= 11 is 0. The molecule has 4 heteroatoms. The van der Waals surface area contributed by atoms with Crippen molar-refractivity contribution in [2.24, 2.45) is 0 Å². The molecule has 1 aromatic heterocycles. The summed E-state index contributed by atoms with van der Waals surface area (Å²) < 4.78 is 7.46. The number of hydrogen-bond acceptors (Lipinski definition) is 3. The summed E-state index contributed by atoms with van der Waals surface area (Å²) in [4.78, 5) is 4.94. The van der Waals surface area contributed by atoms with E-state index in [1.54, 1.807) is 7.11 Å². The quantitative estimate of drug-likeness (QED) is 0.498. The third-order valence-corrected chi connectivity index (χ3v) is 4.85. The van der Waals surface area contributed by atoms with Gasteiger partial charge in [0.1, 0.15) is 11.6 Å². The van der Waals surface area contributed by atoms with E-state index in [2.05, 4.69) is 41.1 Å². The molecular formula is C24H23N3O. The van der Waals surface area contributed by atoms with E-state index in [4.69, 9.17) is 15.5 Å². The van der Waals surface area contributed by atoms with Crippen molar-refractivity contribution in [2.45, 2.75) is 13.0 Å². The molecule has 1 heterocycles. The average molecular weight is 369 g/mol. The highest BCUT2D eigenvalue weighted by atomic mass is 16.5. The Balaban J connectivity index is 1.69. The molecule has 4 nitrogen and oxygen atoms in total. The second-order valence-corrected chi connectivity index (χ2v) is 6.76. The molecule has 0 spiro atoms. The lowest BCUT2D eigenvalue weighted by molar-refractivity contribution is 0.414. The number of nitrogen functional groups attached to an aromatic ring is 1. The summed E-state index contributed by atoms with van der Waals surface area (Å²) in [7, 11) is 1.68. The Labute approximate surface area is 165 Å². The molecule has 0 bridgehead atoms. The number of methoxy groups -OCH3 is 1. The van der Waals surface area contributed by atoms with Gasteiger partial charge in [0.2, 0.25) is 0 Å². The Morgan fingerprint density at radius 1 is 0.893 bits per heavy atom. The molecule has 28 heavy (non-hydrogen) atoms.